The summed E-state index contributed by atoms with van der Waals surface area (Å²) in [7, 11) is 0. The standard InChI is InChI=1S/C17H21BrN2O3/c1-10-6-12(8-18)7-13-14(10)19-11(2)20(15(13)21)9-23-16(22)17(3,4)5/h6-7H,8-9H2,1-5H3. The fourth-order valence-electron chi connectivity index (χ4n) is 2.25. The number of carbonyl (C=O) groups is 1. The summed E-state index contributed by atoms with van der Waals surface area (Å²) in [4.78, 5) is 29.2. The summed E-state index contributed by atoms with van der Waals surface area (Å²) in [5, 5.41) is 1.20. The fourth-order valence-corrected chi connectivity index (χ4v) is 2.57. The van der Waals surface area contributed by atoms with Gasteiger partial charge in [0.05, 0.1) is 16.3 Å². The molecule has 2 aromatic rings. The van der Waals surface area contributed by atoms with Crippen molar-refractivity contribution in [2.75, 3.05) is 0 Å². The van der Waals surface area contributed by atoms with E-state index in [1.54, 1.807) is 27.7 Å². The van der Waals surface area contributed by atoms with Crippen molar-refractivity contribution in [3.8, 4) is 0 Å². The summed E-state index contributed by atoms with van der Waals surface area (Å²) in [6, 6.07) is 3.83. The van der Waals surface area contributed by atoms with Gasteiger partial charge in [-0.15, -0.1) is 0 Å². The number of nitrogens with zero attached hydrogens (tertiary/aromatic N) is 2. The third-order valence-corrected chi connectivity index (χ3v) is 4.24. The molecule has 0 fully saturated rings. The van der Waals surface area contributed by atoms with Crippen molar-refractivity contribution < 1.29 is 9.53 Å². The van der Waals surface area contributed by atoms with Crippen LogP contribution < -0.4 is 5.56 Å². The van der Waals surface area contributed by atoms with E-state index in [1.165, 1.54) is 4.57 Å². The van der Waals surface area contributed by atoms with E-state index in [9.17, 15) is 9.59 Å². The molecule has 0 bridgehead atoms. The van der Waals surface area contributed by atoms with E-state index < -0.39 is 5.41 Å². The van der Waals surface area contributed by atoms with Crippen molar-refractivity contribution in [1.82, 2.24) is 9.55 Å². The van der Waals surface area contributed by atoms with Gasteiger partial charge in [0.25, 0.3) is 5.56 Å². The highest BCUT2D eigenvalue weighted by molar-refractivity contribution is 9.08. The molecule has 0 amide bonds. The van der Waals surface area contributed by atoms with Gasteiger partial charge in [0.1, 0.15) is 5.82 Å². The van der Waals surface area contributed by atoms with Crippen LogP contribution in [0.5, 0.6) is 0 Å². The van der Waals surface area contributed by atoms with Crippen LogP contribution in [-0.4, -0.2) is 15.5 Å². The molecule has 1 heterocycles. The average Bonchev–Trinajstić information content (AvgIpc) is 2.46. The lowest BCUT2D eigenvalue weighted by Crippen LogP contribution is -2.30. The number of esters is 1. The van der Waals surface area contributed by atoms with Gasteiger partial charge in [-0.1, -0.05) is 22.0 Å². The predicted molar refractivity (Wildman–Crippen MR) is 93.7 cm³/mol. The molecule has 2 rings (SSSR count). The van der Waals surface area contributed by atoms with E-state index in [-0.39, 0.29) is 18.3 Å². The molecule has 1 aromatic heterocycles. The van der Waals surface area contributed by atoms with Crippen LogP contribution in [-0.2, 0) is 21.6 Å². The first kappa shape index (κ1) is 17.7. The second-order valence-corrected chi connectivity index (χ2v) is 7.21. The Labute approximate surface area is 143 Å². The second-order valence-electron chi connectivity index (χ2n) is 6.65. The van der Waals surface area contributed by atoms with Gasteiger partial charge in [-0.05, 0) is 51.8 Å². The van der Waals surface area contributed by atoms with Gasteiger partial charge >= 0.3 is 5.97 Å². The average molecular weight is 381 g/mol. The van der Waals surface area contributed by atoms with E-state index in [0.29, 0.717) is 22.1 Å². The van der Waals surface area contributed by atoms with Crippen LogP contribution in [0.1, 0.15) is 37.7 Å². The van der Waals surface area contributed by atoms with Gasteiger partial charge in [-0.3, -0.25) is 14.2 Å². The number of hydrogen-bond donors (Lipinski definition) is 0. The Balaban J connectivity index is 2.49. The number of aromatic nitrogens is 2. The van der Waals surface area contributed by atoms with Gasteiger partial charge in [-0.25, -0.2) is 4.98 Å². The topological polar surface area (TPSA) is 61.2 Å². The maximum atomic E-state index is 12.7. The lowest BCUT2D eigenvalue weighted by atomic mass is 9.98. The summed E-state index contributed by atoms with van der Waals surface area (Å²) in [5.41, 5.74) is 1.85. The highest BCUT2D eigenvalue weighted by Gasteiger charge is 2.23. The Morgan fingerprint density at radius 1 is 1.30 bits per heavy atom. The number of halogens is 1. The number of aryl methyl sites for hydroxylation is 2. The molecule has 6 heteroatoms. The van der Waals surface area contributed by atoms with Crippen molar-refractivity contribution in [3.05, 3.63) is 39.4 Å². The normalized spacial score (nSPS) is 11.7. The first-order chi connectivity index (χ1) is 10.6. The monoisotopic (exact) mass is 380 g/mol. The van der Waals surface area contributed by atoms with E-state index in [1.807, 2.05) is 19.1 Å². The number of ether oxygens (including phenoxy) is 1. The van der Waals surface area contributed by atoms with Crippen LogP contribution >= 0.6 is 15.9 Å². The Morgan fingerprint density at radius 2 is 1.96 bits per heavy atom. The van der Waals surface area contributed by atoms with E-state index in [2.05, 4.69) is 20.9 Å². The molecule has 5 nitrogen and oxygen atoms in total. The van der Waals surface area contributed by atoms with Crippen molar-refractivity contribution in [1.29, 1.82) is 0 Å². The van der Waals surface area contributed by atoms with Gasteiger partial charge in [0.15, 0.2) is 6.73 Å². The molecule has 0 N–H and O–H groups in total. The first-order valence-electron chi connectivity index (χ1n) is 7.39. The van der Waals surface area contributed by atoms with Crippen molar-refractivity contribution >= 4 is 32.8 Å². The van der Waals surface area contributed by atoms with Crippen LogP contribution in [0.2, 0.25) is 0 Å². The lowest BCUT2D eigenvalue weighted by molar-refractivity contribution is -0.157. The molecule has 0 aliphatic heterocycles. The number of carbonyl (C=O) groups excluding carboxylic acids is 1. The smallest absolute Gasteiger partial charge is 0.312 e. The van der Waals surface area contributed by atoms with Gasteiger partial charge in [-0.2, -0.15) is 0 Å². The van der Waals surface area contributed by atoms with Crippen LogP contribution in [0.3, 0.4) is 0 Å². The molecular formula is C17H21BrN2O3. The van der Waals surface area contributed by atoms with Crippen LogP contribution in [0, 0.1) is 19.3 Å². The van der Waals surface area contributed by atoms with Crippen LogP contribution in [0.4, 0.5) is 0 Å². The Kier molecular flexibility index (Phi) is 4.94. The first-order valence-corrected chi connectivity index (χ1v) is 8.51. The Hall–Kier alpha value is -1.69. The molecule has 0 aliphatic carbocycles. The minimum absolute atomic E-state index is 0.124. The predicted octanol–water partition coefficient (Wildman–Crippen LogP) is 3.46. The minimum Gasteiger partial charge on any atom is -0.443 e. The second kappa shape index (κ2) is 6.43. The minimum atomic E-state index is -0.610. The van der Waals surface area contributed by atoms with Crippen molar-refractivity contribution in [2.24, 2.45) is 5.41 Å². The molecule has 1 aromatic carbocycles. The van der Waals surface area contributed by atoms with Crippen LogP contribution in [0.25, 0.3) is 10.9 Å². The summed E-state index contributed by atoms with van der Waals surface area (Å²) in [6.45, 7) is 8.87. The van der Waals surface area contributed by atoms with E-state index in [4.69, 9.17) is 4.74 Å². The molecule has 0 saturated heterocycles. The summed E-state index contributed by atoms with van der Waals surface area (Å²) in [6.07, 6.45) is 0. The summed E-state index contributed by atoms with van der Waals surface area (Å²) < 4.78 is 6.66. The summed E-state index contributed by atoms with van der Waals surface area (Å²) in [5.74, 6) is 0.174. The molecule has 124 valence electrons. The number of benzene rings is 1. The van der Waals surface area contributed by atoms with Gasteiger partial charge in [0.2, 0.25) is 0 Å². The number of rotatable bonds is 3. The maximum Gasteiger partial charge on any atom is 0.312 e. The highest BCUT2D eigenvalue weighted by Crippen LogP contribution is 2.19. The highest BCUT2D eigenvalue weighted by atomic mass is 79.9. The summed E-state index contributed by atoms with van der Waals surface area (Å²) >= 11 is 3.41. The van der Waals surface area contributed by atoms with E-state index >= 15 is 0 Å². The molecule has 0 atom stereocenters. The van der Waals surface area contributed by atoms with Gasteiger partial charge < -0.3 is 4.74 Å². The zero-order chi connectivity index (χ0) is 17.4. The fraction of sp³-hybridized carbons (Fsp3) is 0.471. The van der Waals surface area contributed by atoms with Crippen molar-refractivity contribution in [2.45, 2.75) is 46.7 Å². The van der Waals surface area contributed by atoms with Gasteiger partial charge in [0, 0.05) is 5.33 Å². The SMILES string of the molecule is Cc1cc(CBr)cc2c(=O)n(COC(=O)C(C)(C)C)c(C)nc12. The molecule has 0 aliphatic rings. The number of alkyl halides is 1. The number of hydrogen-bond acceptors (Lipinski definition) is 4. The van der Waals surface area contributed by atoms with Crippen molar-refractivity contribution in [3.63, 3.8) is 0 Å². The quantitative estimate of drug-likeness (QED) is 0.604. The lowest BCUT2D eigenvalue weighted by Gasteiger charge is -2.18. The van der Waals surface area contributed by atoms with Crippen LogP contribution in [0.15, 0.2) is 16.9 Å². The molecule has 0 saturated carbocycles. The van der Waals surface area contributed by atoms with E-state index in [0.717, 1.165) is 11.1 Å². The molecular weight excluding hydrogens is 360 g/mol. The zero-order valence-electron chi connectivity index (χ0n) is 14.1. The molecule has 0 spiro atoms. The molecule has 23 heavy (non-hydrogen) atoms. The number of fused-ring (bicyclic) bond motifs is 1. The Bertz CT molecular complexity index is 819. The Morgan fingerprint density at radius 3 is 2.52 bits per heavy atom. The third kappa shape index (κ3) is 3.63. The zero-order valence-corrected chi connectivity index (χ0v) is 15.7. The molecule has 0 radical (unpaired) electrons. The largest absolute Gasteiger partial charge is 0.443 e. The third-order valence-electron chi connectivity index (χ3n) is 3.59. The molecule has 0 unspecified atom stereocenters. The maximum absolute atomic E-state index is 12.7.